The fourth-order valence-electron chi connectivity index (χ4n) is 2.77. The molecule has 8 nitrogen and oxygen atoms in total. The van der Waals surface area contributed by atoms with Crippen molar-refractivity contribution in [3.63, 3.8) is 0 Å². The lowest BCUT2D eigenvalue weighted by atomic mass is 10.1. The topological polar surface area (TPSA) is 87.5 Å². The number of benzene rings is 2. The van der Waals surface area contributed by atoms with Gasteiger partial charge in [-0.25, -0.2) is 0 Å². The molecule has 0 fully saturated rings. The Morgan fingerprint density at radius 2 is 1.70 bits per heavy atom. The Labute approximate surface area is 179 Å². The molecule has 2 aromatic carbocycles. The van der Waals surface area contributed by atoms with Gasteiger partial charge in [0.2, 0.25) is 5.91 Å². The summed E-state index contributed by atoms with van der Waals surface area (Å²) in [5.41, 5.74) is 1.69. The number of anilines is 1. The molecule has 3 aromatic rings. The lowest BCUT2D eigenvalue weighted by Crippen LogP contribution is -2.15. The van der Waals surface area contributed by atoms with E-state index in [1.165, 1.54) is 11.8 Å². The van der Waals surface area contributed by atoms with E-state index in [4.69, 9.17) is 14.2 Å². The van der Waals surface area contributed by atoms with Crippen molar-refractivity contribution in [1.82, 2.24) is 14.8 Å². The smallest absolute Gasteiger partial charge is 0.234 e. The third-order valence-electron chi connectivity index (χ3n) is 4.46. The minimum Gasteiger partial charge on any atom is -0.497 e. The molecule has 0 radical (unpaired) electrons. The Hall–Kier alpha value is -3.20. The highest BCUT2D eigenvalue weighted by atomic mass is 32.2. The van der Waals surface area contributed by atoms with Crippen LogP contribution in [0, 0.1) is 0 Å². The van der Waals surface area contributed by atoms with Gasteiger partial charge in [-0.15, -0.1) is 10.2 Å². The largest absolute Gasteiger partial charge is 0.497 e. The van der Waals surface area contributed by atoms with Gasteiger partial charge in [-0.1, -0.05) is 23.9 Å². The van der Waals surface area contributed by atoms with Crippen molar-refractivity contribution in [3.8, 4) is 17.2 Å². The van der Waals surface area contributed by atoms with Crippen molar-refractivity contribution in [1.29, 1.82) is 0 Å². The molecule has 0 atom stereocenters. The highest BCUT2D eigenvalue weighted by molar-refractivity contribution is 7.99. The van der Waals surface area contributed by atoms with E-state index in [2.05, 4.69) is 15.5 Å². The van der Waals surface area contributed by atoms with Crippen molar-refractivity contribution >= 4 is 23.4 Å². The van der Waals surface area contributed by atoms with Crippen LogP contribution >= 0.6 is 11.8 Å². The van der Waals surface area contributed by atoms with Gasteiger partial charge >= 0.3 is 0 Å². The van der Waals surface area contributed by atoms with Crippen LogP contribution in [0.4, 0.5) is 5.69 Å². The van der Waals surface area contributed by atoms with E-state index in [-0.39, 0.29) is 11.7 Å². The third-order valence-corrected chi connectivity index (χ3v) is 5.48. The van der Waals surface area contributed by atoms with Crippen LogP contribution in [0.2, 0.25) is 0 Å². The van der Waals surface area contributed by atoms with Gasteiger partial charge < -0.3 is 24.1 Å². The molecule has 0 bridgehead atoms. The molecule has 158 valence electrons. The number of nitrogens with zero attached hydrogens (tertiary/aromatic N) is 3. The molecular weight excluding hydrogens is 404 g/mol. The molecule has 9 heteroatoms. The Bertz CT molecular complexity index is 1000. The number of ether oxygens (including phenoxy) is 3. The van der Waals surface area contributed by atoms with Crippen LogP contribution in [-0.2, 0) is 18.3 Å². The maximum atomic E-state index is 12.4. The summed E-state index contributed by atoms with van der Waals surface area (Å²) in [7, 11) is 6.66. The first-order valence-corrected chi connectivity index (χ1v) is 10.2. The van der Waals surface area contributed by atoms with Crippen LogP contribution in [0.1, 0.15) is 11.4 Å². The van der Waals surface area contributed by atoms with Gasteiger partial charge in [-0.2, -0.15) is 0 Å². The Balaban J connectivity index is 1.59. The first kappa shape index (κ1) is 21.5. The van der Waals surface area contributed by atoms with Crippen molar-refractivity contribution in [2.75, 3.05) is 32.4 Å². The molecule has 0 saturated carbocycles. The third kappa shape index (κ3) is 5.24. The number of carbonyl (C=O) groups is 1. The lowest BCUT2D eigenvalue weighted by Gasteiger charge is -2.11. The zero-order valence-electron chi connectivity index (χ0n) is 17.3. The molecule has 3 rings (SSSR count). The van der Waals surface area contributed by atoms with Gasteiger partial charge in [0.15, 0.2) is 5.16 Å². The second-order valence-corrected chi connectivity index (χ2v) is 7.33. The fraction of sp³-hybridized carbons (Fsp3) is 0.286. The standard InChI is InChI=1S/C21H24N4O4S/c1-25-19(11-14-5-7-15(27-2)8-6-14)23-24-21(25)30-13-20(26)22-17-10-9-16(28-3)12-18(17)29-4/h5-10,12H,11,13H2,1-4H3,(H,22,26). The molecule has 1 N–H and O–H groups in total. The fourth-order valence-corrected chi connectivity index (χ4v) is 3.50. The monoisotopic (exact) mass is 428 g/mol. The highest BCUT2D eigenvalue weighted by Crippen LogP contribution is 2.29. The number of amides is 1. The first-order chi connectivity index (χ1) is 14.5. The van der Waals surface area contributed by atoms with Crippen LogP contribution in [-0.4, -0.2) is 47.8 Å². The summed E-state index contributed by atoms with van der Waals surface area (Å²) in [4.78, 5) is 12.4. The summed E-state index contributed by atoms with van der Waals surface area (Å²) < 4.78 is 17.6. The molecule has 30 heavy (non-hydrogen) atoms. The van der Waals surface area contributed by atoms with Gasteiger partial charge in [0, 0.05) is 19.5 Å². The van der Waals surface area contributed by atoms with Crippen molar-refractivity contribution < 1.29 is 19.0 Å². The molecule has 0 aliphatic carbocycles. The Morgan fingerprint density at radius 3 is 2.37 bits per heavy atom. The minimum atomic E-state index is -0.164. The minimum absolute atomic E-state index is 0.164. The zero-order chi connectivity index (χ0) is 21.5. The van der Waals surface area contributed by atoms with E-state index < -0.39 is 0 Å². The summed E-state index contributed by atoms with van der Waals surface area (Å²) in [6.45, 7) is 0. The van der Waals surface area contributed by atoms with E-state index in [9.17, 15) is 4.79 Å². The molecular formula is C21H24N4O4S. The van der Waals surface area contributed by atoms with Gasteiger partial charge in [0.25, 0.3) is 0 Å². The maximum absolute atomic E-state index is 12.4. The van der Waals surface area contributed by atoms with Crippen LogP contribution in [0.15, 0.2) is 47.6 Å². The SMILES string of the molecule is COc1ccc(Cc2nnc(SCC(=O)Nc3ccc(OC)cc3OC)n2C)cc1. The van der Waals surface area contributed by atoms with Gasteiger partial charge in [0.05, 0.1) is 32.8 Å². The van der Waals surface area contributed by atoms with Crippen LogP contribution in [0.3, 0.4) is 0 Å². The predicted molar refractivity (Wildman–Crippen MR) is 116 cm³/mol. The zero-order valence-corrected chi connectivity index (χ0v) is 18.2. The number of rotatable bonds is 9. The molecule has 0 aliphatic heterocycles. The highest BCUT2D eigenvalue weighted by Gasteiger charge is 2.14. The average molecular weight is 429 g/mol. The second-order valence-electron chi connectivity index (χ2n) is 6.39. The van der Waals surface area contributed by atoms with Gasteiger partial charge in [-0.3, -0.25) is 4.79 Å². The van der Waals surface area contributed by atoms with Crippen LogP contribution in [0.25, 0.3) is 0 Å². The van der Waals surface area contributed by atoms with Crippen LogP contribution in [0.5, 0.6) is 17.2 Å². The number of hydrogen-bond donors (Lipinski definition) is 1. The van der Waals surface area contributed by atoms with Crippen molar-refractivity contribution in [2.24, 2.45) is 7.05 Å². The van der Waals surface area contributed by atoms with Gasteiger partial charge in [0.1, 0.15) is 23.1 Å². The summed E-state index contributed by atoms with van der Waals surface area (Å²) in [5, 5.41) is 12.0. The summed E-state index contributed by atoms with van der Waals surface area (Å²) >= 11 is 1.32. The molecule has 0 unspecified atom stereocenters. The predicted octanol–water partition coefficient (Wildman–Crippen LogP) is 3.16. The number of nitrogens with one attached hydrogen (secondary N) is 1. The average Bonchev–Trinajstić information content (AvgIpc) is 3.12. The summed E-state index contributed by atoms with van der Waals surface area (Å²) in [5.74, 6) is 2.86. The summed E-state index contributed by atoms with van der Waals surface area (Å²) in [6, 6.07) is 13.1. The van der Waals surface area contributed by atoms with E-state index in [0.29, 0.717) is 28.8 Å². The van der Waals surface area contributed by atoms with E-state index >= 15 is 0 Å². The number of thioether (sulfide) groups is 1. The van der Waals surface area contributed by atoms with Crippen LogP contribution < -0.4 is 19.5 Å². The normalized spacial score (nSPS) is 10.5. The number of hydrogen-bond acceptors (Lipinski definition) is 7. The van der Waals surface area contributed by atoms with E-state index in [1.54, 1.807) is 39.5 Å². The molecule has 1 aromatic heterocycles. The Kier molecular flexibility index (Phi) is 7.18. The number of carbonyl (C=O) groups excluding carboxylic acids is 1. The van der Waals surface area contributed by atoms with Crippen molar-refractivity contribution in [2.45, 2.75) is 11.6 Å². The molecule has 0 saturated heterocycles. The number of aromatic nitrogens is 3. The quantitative estimate of drug-likeness (QED) is 0.524. The number of methoxy groups -OCH3 is 3. The first-order valence-electron chi connectivity index (χ1n) is 9.20. The molecule has 1 amide bonds. The van der Waals surface area contributed by atoms with Gasteiger partial charge in [-0.05, 0) is 29.8 Å². The molecule has 0 aliphatic rings. The van der Waals surface area contributed by atoms with E-state index in [0.717, 1.165) is 17.1 Å². The lowest BCUT2D eigenvalue weighted by molar-refractivity contribution is -0.113. The summed E-state index contributed by atoms with van der Waals surface area (Å²) in [6.07, 6.45) is 0.642. The Morgan fingerprint density at radius 1 is 1.00 bits per heavy atom. The molecule has 0 spiro atoms. The second kappa shape index (κ2) is 10.0. The van der Waals surface area contributed by atoms with E-state index in [1.807, 2.05) is 35.9 Å². The van der Waals surface area contributed by atoms with Crippen molar-refractivity contribution in [3.05, 3.63) is 53.9 Å². The maximum Gasteiger partial charge on any atom is 0.234 e. The molecule has 1 heterocycles.